The topological polar surface area (TPSA) is 61.4 Å². The number of aliphatic hydroxyl groups is 1. The molecule has 2 amide bonds. The van der Waals surface area contributed by atoms with Crippen molar-refractivity contribution in [1.82, 2.24) is 10.6 Å². The van der Waals surface area contributed by atoms with E-state index in [1.807, 2.05) is 13.8 Å². The van der Waals surface area contributed by atoms with Gasteiger partial charge in [-0.05, 0) is 25.2 Å². The van der Waals surface area contributed by atoms with E-state index in [1.54, 1.807) is 0 Å². The lowest BCUT2D eigenvalue weighted by Crippen LogP contribution is -2.48. The first-order chi connectivity index (χ1) is 10.3. The summed E-state index contributed by atoms with van der Waals surface area (Å²) in [5.41, 5.74) is 0. The molecule has 1 aliphatic rings. The van der Waals surface area contributed by atoms with Gasteiger partial charge in [-0.2, -0.15) is 13.2 Å². The molecule has 1 aliphatic carbocycles. The third kappa shape index (κ3) is 6.02. The average Bonchev–Trinajstić information content (AvgIpc) is 2.46. The molecule has 0 aromatic carbocycles. The lowest BCUT2D eigenvalue weighted by Gasteiger charge is -2.31. The molecule has 0 spiro atoms. The highest BCUT2D eigenvalue weighted by molar-refractivity contribution is 5.74. The Hall–Kier alpha value is -0.980. The Bertz CT molecular complexity index is 346. The number of rotatable bonds is 6. The summed E-state index contributed by atoms with van der Waals surface area (Å²) >= 11 is 0. The molecule has 7 heteroatoms. The van der Waals surface area contributed by atoms with Crippen LogP contribution in [-0.4, -0.2) is 36.0 Å². The van der Waals surface area contributed by atoms with Crippen molar-refractivity contribution in [3.8, 4) is 0 Å². The maximum Gasteiger partial charge on any atom is 0.391 e. The molecule has 130 valence electrons. The van der Waals surface area contributed by atoms with Gasteiger partial charge in [0.05, 0.1) is 12.0 Å². The molecule has 0 saturated heterocycles. The summed E-state index contributed by atoms with van der Waals surface area (Å²) in [5, 5.41) is 15.1. The van der Waals surface area contributed by atoms with Gasteiger partial charge in [0.2, 0.25) is 0 Å². The molecule has 0 bridgehead atoms. The van der Waals surface area contributed by atoms with Crippen LogP contribution in [0.25, 0.3) is 0 Å². The van der Waals surface area contributed by atoms with Crippen molar-refractivity contribution >= 4 is 6.03 Å². The molecular weight excluding hydrogens is 297 g/mol. The van der Waals surface area contributed by atoms with E-state index in [0.29, 0.717) is 12.8 Å². The quantitative estimate of drug-likeness (QED) is 0.702. The number of carbonyl (C=O) groups excluding carboxylic acids is 1. The van der Waals surface area contributed by atoms with E-state index in [9.17, 15) is 23.1 Å². The summed E-state index contributed by atoms with van der Waals surface area (Å²) in [6.45, 7) is 4.06. The van der Waals surface area contributed by atoms with Gasteiger partial charge in [-0.1, -0.05) is 33.1 Å². The van der Waals surface area contributed by atoms with Gasteiger partial charge in [-0.3, -0.25) is 0 Å². The molecule has 0 aliphatic heterocycles. The van der Waals surface area contributed by atoms with Crippen LogP contribution in [0.4, 0.5) is 18.0 Å². The number of amides is 2. The van der Waals surface area contributed by atoms with E-state index >= 15 is 0 Å². The molecule has 1 rings (SSSR count). The molecule has 0 aromatic rings. The minimum Gasteiger partial charge on any atom is -0.391 e. The van der Waals surface area contributed by atoms with Crippen LogP contribution >= 0.6 is 0 Å². The van der Waals surface area contributed by atoms with Crippen LogP contribution in [0.1, 0.15) is 52.4 Å². The van der Waals surface area contributed by atoms with Crippen molar-refractivity contribution in [2.24, 2.45) is 11.8 Å². The van der Waals surface area contributed by atoms with Gasteiger partial charge in [0.15, 0.2) is 0 Å². The monoisotopic (exact) mass is 324 g/mol. The highest BCUT2D eigenvalue weighted by Gasteiger charge is 2.42. The van der Waals surface area contributed by atoms with E-state index in [-0.39, 0.29) is 25.3 Å². The minimum absolute atomic E-state index is 0.0635. The Labute approximate surface area is 129 Å². The number of alkyl halides is 3. The fourth-order valence-corrected chi connectivity index (χ4v) is 3.05. The number of aliphatic hydroxyl groups excluding tert-OH is 1. The van der Waals surface area contributed by atoms with Gasteiger partial charge in [0, 0.05) is 12.6 Å². The van der Waals surface area contributed by atoms with Crippen LogP contribution in [0.5, 0.6) is 0 Å². The molecule has 3 unspecified atom stereocenters. The van der Waals surface area contributed by atoms with E-state index in [2.05, 4.69) is 10.6 Å². The Morgan fingerprint density at radius 1 is 1.27 bits per heavy atom. The zero-order valence-corrected chi connectivity index (χ0v) is 13.2. The van der Waals surface area contributed by atoms with Gasteiger partial charge in [0.25, 0.3) is 0 Å². The van der Waals surface area contributed by atoms with Crippen LogP contribution in [0.2, 0.25) is 0 Å². The summed E-state index contributed by atoms with van der Waals surface area (Å²) in [7, 11) is 0. The first-order valence-corrected chi connectivity index (χ1v) is 8.07. The second-order valence-corrected chi connectivity index (χ2v) is 6.10. The third-order valence-corrected chi connectivity index (χ3v) is 4.54. The molecule has 4 nitrogen and oxygen atoms in total. The third-order valence-electron chi connectivity index (χ3n) is 4.54. The summed E-state index contributed by atoms with van der Waals surface area (Å²) in [5.74, 6) is -1.22. The SMILES string of the molecule is CCC(CC)C(O)CNC(=O)NC1CCCC(C(F)(F)F)C1. The van der Waals surface area contributed by atoms with Crippen LogP contribution in [0.15, 0.2) is 0 Å². The highest BCUT2D eigenvalue weighted by Crippen LogP contribution is 2.37. The molecule has 0 aromatic heterocycles. The van der Waals surface area contributed by atoms with E-state index in [0.717, 1.165) is 12.8 Å². The lowest BCUT2D eigenvalue weighted by atomic mass is 9.85. The molecule has 0 radical (unpaired) electrons. The Morgan fingerprint density at radius 2 is 1.91 bits per heavy atom. The first kappa shape index (κ1) is 19.1. The summed E-state index contributed by atoms with van der Waals surface area (Å²) < 4.78 is 38.1. The Kier molecular flexibility index (Phi) is 7.45. The van der Waals surface area contributed by atoms with Crippen LogP contribution in [0, 0.1) is 11.8 Å². The lowest BCUT2D eigenvalue weighted by molar-refractivity contribution is -0.183. The zero-order valence-electron chi connectivity index (χ0n) is 13.2. The van der Waals surface area contributed by atoms with Crippen molar-refractivity contribution < 1.29 is 23.1 Å². The van der Waals surface area contributed by atoms with Gasteiger partial charge < -0.3 is 15.7 Å². The zero-order chi connectivity index (χ0) is 16.8. The minimum atomic E-state index is -4.19. The largest absolute Gasteiger partial charge is 0.391 e. The second-order valence-electron chi connectivity index (χ2n) is 6.10. The Balaban J connectivity index is 2.35. The number of carbonyl (C=O) groups is 1. The van der Waals surface area contributed by atoms with E-state index in [1.165, 1.54) is 0 Å². The van der Waals surface area contributed by atoms with Crippen molar-refractivity contribution in [3.05, 3.63) is 0 Å². The normalized spacial score (nSPS) is 24.1. The first-order valence-electron chi connectivity index (χ1n) is 8.07. The molecule has 3 atom stereocenters. The van der Waals surface area contributed by atoms with E-state index < -0.39 is 30.3 Å². The Morgan fingerprint density at radius 3 is 2.45 bits per heavy atom. The maximum absolute atomic E-state index is 12.7. The van der Waals surface area contributed by atoms with Crippen molar-refractivity contribution in [1.29, 1.82) is 0 Å². The molecule has 0 heterocycles. The maximum atomic E-state index is 12.7. The van der Waals surface area contributed by atoms with Gasteiger partial charge in [0.1, 0.15) is 0 Å². The van der Waals surface area contributed by atoms with Crippen molar-refractivity contribution in [2.75, 3.05) is 6.54 Å². The highest BCUT2D eigenvalue weighted by atomic mass is 19.4. The van der Waals surface area contributed by atoms with Crippen molar-refractivity contribution in [3.63, 3.8) is 0 Å². The summed E-state index contributed by atoms with van der Waals surface area (Å²) in [6, 6.07) is -0.955. The van der Waals surface area contributed by atoms with Crippen LogP contribution in [0.3, 0.4) is 0 Å². The summed E-state index contributed by atoms with van der Waals surface area (Å²) in [4.78, 5) is 11.8. The van der Waals surface area contributed by atoms with Gasteiger partial charge in [-0.15, -0.1) is 0 Å². The fraction of sp³-hybridized carbons (Fsp3) is 0.933. The van der Waals surface area contributed by atoms with Crippen LogP contribution < -0.4 is 10.6 Å². The predicted octanol–water partition coefficient (Wildman–Crippen LogP) is 3.20. The fourth-order valence-electron chi connectivity index (χ4n) is 3.05. The van der Waals surface area contributed by atoms with Gasteiger partial charge in [-0.25, -0.2) is 4.79 Å². The molecule has 3 N–H and O–H groups in total. The summed E-state index contributed by atoms with van der Waals surface area (Å²) in [6.07, 6.45) is -2.09. The molecule has 22 heavy (non-hydrogen) atoms. The van der Waals surface area contributed by atoms with Crippen molar-refractivity contribution in [2.45, 2.75) is 70.7 Å². The number of urea groups is 1. The van der Waals surface area contributed by atoms with Gasteiger partial charge >= 0.3 is 12.2 Å². The predicted molar refractivity (Wildman–Crippen MR) is 78.4 cm³/mol. The van der Waals surface area contributed by atoms with Crippen LogP contribution in [-0.2, 0) is 0 Å². The smallest absolute Gasteiger partial charge is 0.391 e. The standard InChI is InChI=1S/C15H27F3N2O2/c1-3-10(4-2)13(21)9-19-14(22)20-12-7-5-6-11(8-12)15(16,17)18/h10-13,21H,3-9H2,1-2H3,(H2,19,20,22). The average molecular weight is 324 g/mol. The number of nitrogens with one attached hydrogen (secondary N) is 2. The van der Waals surface area contributed by atoms with E-state index in [4.69, 9.17) is 0 Å². The number of hydrogen-bond donors (Lipinski definition) is 3. The molecule has 1 fully saturated rings. The second kappa shape index (κ2) is 8.60. The number of hydrogen-bond acceptors (Lipinski definition) is 2. The number of halogens is 3. The molecule has 1 saturated carbocycles. The molecular formula is C15H27F3N2O2.